The lowest BCUT2D eigenvalue weighted by Crippen LogP contribution is -2.64. The van der Waals surface area contributed by atoms with E-state index in [1.807, 2.05) is 36.4 Å². The number of likely N-dealkylation sites (tertiary alicyclic amines) is 1. The third-order valence-electron chi connectivity index (χ3n) is 5.89. The van der Waals surface area contributed by atoms with Gasteiger partial charge in [0.15, 0.2) is 11.5 Å². The summed E-state index contributed by atoms with van der Waals surface area (Å²) in [6.07, 6.45) is 5.65. The zero-order chi connectivity index (χ0) is 21.1. The van der Waals surface area contributed by atoms with E-state index in [1.165, 1.54) is 0 Å². The molecule has 2 aromatic carbocycles. The van der Waals surface area contributed by atoms with Gasteiger partial charge in [-0.2, -0.15) is 0 Å². The number of methoxy groups -OCH3 is 2. The molecule has 156 valence electrons. The molecule has 0 spiro atoms. The van der Waals surface area contributed by atoms with Crippen LogP contribution in [0.2, 0.25) is 0 Å². The van der Waals surface area contributed by atoms with Crippen molar-refractivity contribution in [3.8, 4) is 11.5 Å². The monoisotopic (exact) mass is 406 g/mol. The van der Waals surface area contributed by atoms with Gasteiger partial charge in [0.25, 0.3) is 0 Å². The van der Waals surface area contributed by atoms with E-state index in [4.69, 9.17) is 9.47 Å². The zero-order valence-electron chi connectivity index (χ0n) is 17.2. The van der Waals surface area contributed by atoms with Gasteiger partial charge in [-0.05, 0) is 36.1 Å². The van der Waals surface area contributed by atoms with Crippen molar-refractivity contribution in [3.05, 3.63) is 71.8 Å². The van der Waals surface area contributed by atoms with Crippen molar-refractivity contribution >= 4 is 11.8 Å². The van der Waals surface area contributed by atoms with Crippen LogP contribution in [0.4, 0.5) is 0 Å². The fraction of sp³-hybridized carbons (Fsp3) is 0.333. The Bertz CT molecular complexity index is 957. The first-order valence-electron chi connectivity index (χ1n) is 10.1. The van der Waals surface area contributed by atoms with Crippen molar-refractivity contribution in [1.82, 2.24) is 10.2 Å². The third-order valence-corrected chi connectivity index (χ3v) is 5.89. The van der Waals surface area contributed by atoms with Gasteiger partial charge >= 0.3 is 0 Å². The summed E-state index contributed by atoms with van der Waals surface area (Å²) in [7, 11) is 3.13. The van der Waals surface area contributed by atoms with Gasteiger partial charge in [-0.1, -0.05) is 48.6 Å². The standard InChI is InChI=1S/C24H26N2O4/c1-29-20-13-12-17(14-21(20)30-2)22(23(27)25-15-16-8-4-3-5-9-16)26-19-11-7-6-10-18(19)24(26)28/h3-9,12-14,18-19,22H,10-11,15H2,1-2H3,(H,25,27)/t18-,19+,22?/m1/s1. The number of fused-ring (bicyclic) bond motifs is 1. The van der Waals surface area contributed by atoms with Crippen LogP contribution in [0.1, 0.15) is 30.0 Å². The van der Waals surface area contributed by atoms with Gasteiger partial charge in [0, 0.05) is 12.6 Å². The minimum atomic E-state index is -0.714. The van der Waals surface area contributed by atoms with E-state index in [0.29, 0.717) is 23.6 Å². The molecule has 4 rings (SSSR count). The molecule has 1 heterocycles. The van der Waals surface area contributed by atoms with E-state index >= 15 is 0 Å². The normalized spacial score (nSPS) is 20.7. The highest BCUT2D eigenvalue weighted by Crippen LogP contribution is 2.43. The van der Waals surface area contributed by atoms with Gasteiger partial charge in [0.1, 0.15) is 6.04 Å². The molecule has 1 unspecified atom stereocenters. The van der Waals surface area contributed by atoms with Crippen LogP contribution in [-0.2, 0) is 16.1 Å². The first kappa shape index (κ1) is 20.0. The number of nitrogens with one attached hydrogen (secondary N) is 1. The van der Waals surface area contributed by atoms with E-state index in [9.17, 15) is 9.59 Å². The molecule has 0 bridgehead atoms. The smallest absolute Gasteiger partial charge is 0.247 e. The largest absolute Gasteiger partial charge is 0.493 e. The summed E-state index contributed by atoms with van der Waals surface area (Å²) in [4.78, 5) is 28.0. The fourth-order valence-corrected chi connectivity index (χ4v) is 4.31. The summed E-state index contributed by atoms with van der Waals surface area (Å²) >= 11 is 0. The van der Waals surface area contributed by atoms with E-state index < -0.39 is 6.04 Å². The van der Waals surface area contributed by atoms with Crippen LogP contribution in [0.5, 0.6) is 11.5 Å². The van der Waals surface area contributed by atoms with E-state index in [0.717, 1.165) is 18.4 Å². The number of benzene rings is 2. The van der Waals surface area contributed by atoms with Gasteiger partial charge in [-0.15, -0.1) is 0 Å². The molecule has 1 aliphatic carbocycles. The lowest BCUT2D eigenvalue weighted by molar-refractivity contribution is -0.165. The lowest BCUT2D eigenvalue weighted by Gasteiger charge is -2.51. The van der Waals surface area contributed by atoms with E-state index in [1.54, 1.807) is 31.3 Å². The number of allylic oxidation sites excluding steroid dienone is 1. The molecule has 0 radical (unpaired) electrons. The Hall–Kier alpha value is -3.28. The van der Waals surface area contributed by atoms with Gasteiger partial charge in [0.05, 0.1) is 20.1 Å². The number of β-lactam (4-membered cyclic amide) rings is 1. The summed E-state index contributed by atoms with van der Waals surface area (Å²) in [5.74, 6) is 0.910. The van der Waals surface area contributed by atoms with Gasteiger partial charge in [-0.3, -0.25) is 9.59 Å². The van der Waals surface area contributed by atoms with Crippen molar-refractivity contribution in [2.75, 3.05) is 14.2 Å². The predicted molar refractivity (Wildman–Crippen MR) is 113 cm³/mol. The summed E-state index contributed by atoms with van der Waals surface area (Å²) in [5.41, 5.74) is 1.71. The van der Waals surface area contributed by atoms with Crippen molar-refractivity contribution in [1.29, 1.82) is 0 Å². The molecule has 1 N–H and O–H groups in total. The Morgan fingerprint density at radius 3 is 2.53 bits per heavy atom. The van der Waals surface area contributed by atoms with Crippen LogP contribution >= 0.6 is 0 Å². The molecule has 3 atom stereocenters. The van der Waals surface area contributed by atoms with Crippen LogP contribution in [0.25, 0.3) is 0 Å². The fourth-order valence-electron chi connectivity index (χ4n) is 4.31. The highest BCUT2D eigenvalue weighted by atomic mass is 16.5. The van der Waals surface area contributed by atoms with Crippen molar-refractivity contribution in [2.45, 2.75) is 31.5 Å². The zero-order valence-corrected chi connectivity index (χ0v) is 17.2. The molecule has 6 nitrogen and oxygen atoms in total. The quantitative estimate of drug-likeness (QED) is 0.566. The van der Waals surface area contributed by atoms with Crippen LogP contribution in [-0.4, -0.2) is 37.0 Å². The van der Waals surface area contributed by atoms with Crippen LogP contribution in [0.3, 0.4) is 0 Å². The highest BCUT2D eigenvalue weighted by Gasteiger charge is 2.51. The topological polar surface area (TPSA) is 67.9 Å². The molecule has 2 aromatic rings. The third kappa shape index (κ3) is 3.65. The highest BCUT2D eigenvalue weighted by molar-refractivity contribution is 5.94. The molecule has 1 saturated heterocycles. The second-order valence-electron chi connectivity index (χ2n) is 7.58. The van der Waals surface area contributed by atoms with Gasteiger partial charge < -0.3 is 19.7 Å². The SMILES string of the molecule is COc1ccc(C(C(=O)NCc2ccccc2)N2C(=O)[C@@H]3CC=CC[C@@H]32)cc1OC. The van der Waals surface area contributed by atoms with Crippen molar-refractivity contribution in [2.24, 2.45) is 5.92 Å². The Labute approximate surface area is 176 Å². The summed E-state index contributed by atoms with van der Waals surface area (Å²) < 4.78 is 10.8. The number of hydrogen-bond donors (Lipinski definition) is 1. The Balaban J connectivity index is 1.64. The predicted octanol–water partition coefficient (Wildman–Crippen LogP) is 3.24. The van der Waals surface area contributed by atoms with Crippen molar-refractivity contribution in [3.63, 3.8) is 0 Å². The summed E-state index contributed by atoms with van der Waals surface area (Å²) in [5, 5.41) is 3.01. The molecule has 1 fully saturated rings. The van der Waals surface area contributed by atoms with Crippen molar-refractivity contribution < 1.29 is 19.1 Å². The Morgan fingerprint density at radius 1 is 1.07 bits per heavy atom. The maximum atomic E-state index is 13.3. The summed E-state index contributed by atoms with van der Waals surface area (Å²) in [6, 6.07) is 14.4. The Morgan fingerprint density at radius 2 is 1.80 bits per heavy atom. The average Bonchev–Trinajstić information content (AvgIpc) is 2.80. The summed E-state index contributed by atoms with van der Waals surface area (Å²) in [6.45, 7) is 0.402. The number of carbonyl (C=O) groups is 2. The second kappa shape index (κ2) is 8.61. The van der Waals surface area contributed by atoms with Gasteiger partial charge in [-0.25, -0.2) is 0 Å². The van der Waals surface area contributed by atoms with Crippen LogP contribution in [0, 0.1) is 5.92 Å². The molecule has 1 aliphatic heterocycles. The minimum Gasteiger partial charge on any atom is -0.493 e. The first-order valence-corrected chi connectivity index (χ1v) is 10.1. The average molecular weight is 406 g/mol. The van der Waals surface area contributed by atoms with E-state index in [-0.39, 0.29) is 23.8 Å². The molecule has 30 heavy (non-hydrogen) atoms. The maximum absolute atomic E-state index is 13.3. The number of amides is 2. The number of ether oxygens (including phenoxy) is 2. The second-order valence-corrected chi connectivity index (χ2v) is 7.58. The van der Waals surface area contributed by atoms with Crippen LogP contribution < -0.4 is 14.8 Å². The maximum Gasteiger partial charge on any atom is 0.247 e. The first-order chi connectivity index (χ1) is 14.6. The molecular weight excluding hydrogens is 380 g/mol. The molecular formula is C24H26N2O4. The number of rotatable bonds is 7. The number of hydrogen-bond acceptors (Lipinski definition) is 4. The number of nitrogens with zero attached hydrogens (tertiary/aromatic N) is 1. The van der Waals surface area contributed by atoms with Crippen LogP contribution in [0.15, 0.2) is 60.7 Å². The van der Waals surface area contributed by atoms with Gasteiger partial charge in [0.2, 0.25) is 11.8 Å². The molecule has 2 amide bonds. The lowest BCUT2D eigenvalue weighted by atomic mass is 9.77. The van der Waals surface area contributed by atoms with E-state index in [2.05, 4.69) is 17.5 Å². The molecule has 0 saturated carbocycles. The Kier molecular flexibility index (Phi) is 5.74. The molecule has 6 heteroatoms. The minimum absolute atomic E-state index is 0.0268. The molecule has 2 aliphatic rings. The molecule has 0 aromatic heterocycles. The number of carbonyl (C=O) groups excluding carboxylic acids is 2.